The molecule has 21 heavy (non-hydrogen) atoms. The van der Waals surface area contributed by atoms with Crippen LogP contribution in [-0.4, -0.2) is 36.9 Å². The Morgan fingerprint density at radius 1 is 1.29 bits per heavy atom. The predicted octanol–water partition coefficient (Wildman–Crippen LogP) is 1.76. The highest BCUT2D eigenvalue weighted by Crippen LogP contribution is 2.26. The summed E-state index contributed by atoms with van der Waals surface area (Å²) in [4.78, 5) is 25.8. The molecule has 1 aliphatic rings. The molecule has 2 rings (SSSR count). The second-order valence-corrected chi connectivity index (χ2v) is 5.92. The molecular formula is C16H23N3O2. The molecule has 0 spiro atoms. The number of anilines is 1. The molecule has 0 aromatic heterocycles. The molecule has 1 aliphatic carbocycles. The first-order valence-electron chi connectivity index (χ1n) is 7.29. The van der Waals surface area contributed by atoms with Gasteiger partial charge in [-0.25, -0.2) is 0 Å². The third-order valence-corrected chi connectivity index (χ3v) is 4.05. The fraction of sp³-hybridized carbons (Fsp3) is 0.500. The average Bonchev–Trinajstić information content (AvgIpc) is 2.86. The summed E-state index contributed by atoms with van der Waals surface area (Å²) in [6.45, 7) is 1.91. The molecule has 0 heterocycles. The Morgan fingerprint density at radius 3 is 2.57 bits per heavy atom. The molecule has 5 heteroatoms. The minimum atomic E-state index is -0.127. The van der Waals surface area contributed by atoms with Crippen molar-refractivity contribution in [2.75, 3.05) is 19.4 Å². The topological polar surface area (TPSA) is 75.4 Å². The van der Waals surface area contributed by atoms with E-state index in [1.807, 2.05) is 13.0 Å². The molecule has 0 saturated heterocycles. The minimum absolute atomic E-state index is 0.0439. The van der Waals surface area contributed by atoms with Gasteiger partial charge in [0.1, 0.15) is 0 Å². The van der Waals surface area contributed by atoms with E-state index in [0.717, 1.165) is 24.8 Å². The number of carbonyl (C=O) groups is 2. The third kappa shape index (κ3) is 3.42. The normalized spacial score (nSPS) is 21.1. The molecular weight excluding hydrogens is 266 g/mol. The van der Waals surface area contributed by atoms with E-state index in [1.54, 1.807) is 26.2 Å². The summed E-state index contributed by atoms with van der Waals surface area (Å²) >= 11 is 0. The first-order chi connectivity index (χ1) is 9.90. The highest BCUT2D eigenvalue weighted by Gasteiger charge is 2.30. The van der Waals surface area contributed by atoms with Crippen LogP contribution in [0.1, 0.15) is 35.2 Å². The van der Waals surface area contributed by atoms with Crippen LogP contribution in [0.2, 0.25) is 0 Å². The van der Waals surface area contributed by atoms with Gasteiger partial charge in [-0.1, -0.05) is 12.5 Å². The van der Waals surface area contributed by atoms with Crippen molar-refractivity contribution in [1.29, 1.82) is 0 Å². The van der Waals surface area contributed by atoms with Crippen LogP contribution in [0.5, 0.6) is 0 Å². The number of nitrogens with zero attached hydrogens (tertiary/aromatic N) is 1. The summed E-state index contributed by atoms with van der Waals surface area (Å²) in [5.41, 5.74) is 8.16. The van der Waals surface area contributed by atoms with Crippen molar-refractivity contribution in [2.24, 2.45) is 11.7 Å². The monoisotopic (exact) mass is 289 g/mol. The molecule has 2 atom stereocenters. The van der Waals surface area contributed by atoms with Crippen molar-refractivity contribution >= 4 is 17.5 Å². The average molecular weight is 289 g/mol. The number of aryl methyl sites for hydroxylation is 1. The first kappa shape index (κ1) is 15.5. The predicted molar refractivity (Wildman–Crippen MR) is 83.1 cm³/mol. The SMILES string of the molecule is Cc1ccc(C(=O)N(C)C)cc1NC(=O)C1CCCC1N. The maximum Gasteiger partial charge on any atom is 0.253 e. The van der Waals surface area contributed by atoms with Gasteiger partial charge in [0.25, 0.3) is 5.91 Å². The summed E-state index contributed by atoms with van der Waals surface area (Å²) in [6, 6.07) is 5.29. The Morgan fingerprint density at radius 2 is 2.00 bits per heavy atom. The van der Waals surface area contributed by atoms with Gasteiger partial charge >= 0.3 is 0 Å². The first-order valence-corrected chi connectivity index (χ1v) is 7.29. The minimum Gasteiger partial charge on any atom is -0.345 e. The van der Waals surface area contributed by atoms with Crippen LogP contribution in [0.15, 0.2) is 18.2 Å². The number of benzene rings is 1. The van der Waals surface area contributed by atoms with Gasteiger partial charge in [-0.2, -0.15) is 0 Å². The highest BCUT2D eigenvalue weighted by molar-refractivity contribution is 5.98. The Labute approximate surface area is 125 Å². The van der Waals surface area contributed by atoms with E-state index < -0.39 is 0 Å². The Bertz CT molecular complexity index is 554. The fourth-order valence-corrected chi connectivity index (χ4v) is 2.69. The second kappa shape index (κ2) is 6.26. The van der Waals surface area contributed by atoms with E-state index in [-0.39, 0.29) is 23.8 Å². The van der Waals surface area contributed by atoms with Crippen LogP contribution in [0.3, 0.4) is 0 Å². The maximum atomic E-state index is 12.3. The van der Waals surface area contributed by atoms with Gasteiger partial charge in [-0.05, 0) is 37.5 Å². The van der Waals surface area contributed by atoms with E-state index >= 15 is 0 Å². The van der Waals surface area contributed by atoms with E-state index in [9.17, 15) is 9.59 Å². The van der Waals surface area contributed by atoms with Crippen LogP contribution < -0.4 is 11.1 Å². The van der Waals surface area contributed by atoms with Crippen LogP contribution in [0, 0.1) is 12.8 Å². The molecule has 0 radical (unpaired) electrons. The van der Waals surface area contributed by atoms with Gasteiger partial charge < -0.3 is 16.0 Å². The summed E-state index contributed by atoms with van der Waals surface area (Å²) in [5.74, 6) is -0.252. The second-order valence-electron chi connectivity index (χ2n) is 5.92. The van der Waals surface area contributed by atoms with E-state index in [0.29, 0.717) is 11.3 Å². The van der Waals surface area contributed by atoms with Gasteiger partial charge in [0.15, 0.2) is 0 Å². The van der Waals surface area contributed by atoms with Gasteiger partial charge in [0.05, 0.1) is 5.92 Å². The molecule has 2 amide bonds. The lowest BCUT2D eigenvalue weighted by molar-refractivity contribution is -0.120. The maximum absolute atomic E-state index is 12.3. The van der Waals surface area contributed by atoms with Crippen molar-refractivity contribution in [3.63, 3.8) is 0 Å². The highest BCUT2D eigenvalue weighted by atomic mass is 16.2. The standard InChI is InChI=1S/C16H23N3O2/c1-10-7-8-11(16(21)19(2)3)9-14(10)18-15(20)12-5-4-6-13(12)17/h7-9,12-13H,4-6,17H2,1-3H3,(H,18,20). The Kier molecular flexibility index (Phi) is 4.63. The number of amides is 2. The van der Waals surface area contributed by atoms with Crippen molar-refractivity contribution < 1.29 is 9.59 Å². The smallest absolute Gasteiger partial charge is 0.253 e. The zero-order chi connectivity index (χ0) is 15.6. The number of hydrogen-bond acceptors (Lipinski definition) is 3. The van der Waals surface area contributed by atoms with Gasteiger partial charge in [-0.3, -0.25) is 9.59 Å². The number of hydrogen-bond donors (Lipinski definition) is 2. The molecule has 1 fully saturated rings. The van der Waals surface area contributed by atoms with Crippen LogP contribution in [0.4, 0.5) is 5.69 Å². The summed E-state index contributed by atoms with van der Waals surface area (Å²) < 4.78 is 0. The summed E-state index contributed by atoms with van der Waals surface area (Å²) in [7, 11) is 3.41. The molecule has 114 valence electrons. The quantitative estimate of drug-likeness (QED) is 0.890. The summed E-state index contributed by atoms with van der Waals surface area (Å²) in [6.07, 6.45) is 2.73. The molecule has 3 N–H and O–H groups in total. The zero-order valence-corrected chi connectivity index (χ0v) is 12.8. The van der Waals surface area contributed by atoms with Crippen molar-refractivity contribution in [2.45, 2.75) is 32.2 Å². The third-order valence-electron chi connectivity index (χ3n) is 4.05. The molecule has 2 unspecified atom stereocenters. The van der Waals surface area contributed by atoms with E-state index in [1.165, 1.54) is 4.90 Å². The lowest BCUT2D eigenvalue weighted by atomic mass is 10.0. The molecule has 1 saturated carbocycles. The van der Waals surface area contributed by atoms with Gasteiger partial charge in [0.2, 0.25) is 5.91 Å². The molecule has 0 aliphatic heterocycles. The number of nitrogens with two attached hydrogens (primary N) is 1. The van der Waals surface area contributed by atoms with Crippen LogP contribution in [-0.2, 0) is 4.79 Å². The largest absolute Gasteiger partial charge is 0.345 e. The number of rotatable bonds is 3. The summed E-state index contributed by atoms with van der Waals surface area (Å²) in [5, 5.41) is 2.93. The fourth-order valence-electron chi connectivity index (χ4n) is 2.69. The van der Waals surface area contributed by atoms with Crippen LogP contribution in [0.25, 0.3) is 0 Å². The van der Waals surface area contributed by atoms with Crippen LogP contribution >= 0.6 is 0 Å². The molecule has 5 nitrogen and oxygen atoms in total. The number of nitrogens with one attached hydrogen (secondary N) is 1. The van der Waals surface area contributed by atoms with Crippen molar-refractivity contribution in [3.05, 3.63) is 29.3 Å². The van der Waals surface area contributed by atoms with Gasteiger partial charge in [0, 0.05) is 31.4 Å². The van der Waals surface area contributed by atoms with Gasteiger partial charge in [-0.15, -0.1) is 0 Å². The molecule has 1 aromatic rings. The van der Waals surface area contributed by atoms with Crippen molar-refractivity contribution in [1.82, 2.24) is 4.90 Å². The Balaban J connectivity index is 2.17. The van der Waals surface area contributed by atoms with E-state index in [4.69, 9.17) is 5.73 Å². The molecule has 0 bridgehead atoms. The number of carbonyl (C=O) groups excluding carboxylic acids is 2. The van der Waals surface area contributed by atoms with E-state index in [2.05, 4.69) is 5.32 Å². The Hall–Kier alpha value is -1.88. The lowest BCUT2D eigenvalue weighted by Gasteiger charge is -2.17. The lowest BCUT2D eigenvalue weighted by Crippen LogP contribution is -2.34. The zero-order valence-electron chi connectivity index (χ0n) is 12.8. The molecule has 1 aromatic carbocycles. The van der Waals surface area contributed by atoms with Crippen molar-refractivity contribution in [3.8, 4) is 0 Å².